The number of aromatic nitrogens is 3. The van der Waals surface area contributed by atoms with Crippen LogP contribution in [0.1, 0.15) is 5.56 Å². The van der Waals surface area contributed by atoms with Gasteiger partial charge in [-0.05, 0) is 49.9 Å². The normalized spacial score (nSPS) is 14.5. The van der Waals surface area contributed by atoms with Crippen molar-refractivity contribution in [3.63, 3.8) is 0 Å². The molecule has 0 atom stereocenters. The van der Waals surface area contributed by atoms with E-state index in [9.17, 15) is 4.39 Å². The highest BCUT2D eigenvalue weighted by atomic mass is 19.1. The first kappa shape index (κ1) is 21.1. The molecule has 1 aliphatic heterocycles. The largest absolute Gasteiger partial charge is 0.367 e. The van der Waals surface area contributed by atoms with Gasteiger partial charge in [0.2, 0.25) is 0 Å². The summed E-state index contributed by atoms with van der Waals surface area (Å²) in [5.41, 5.74) is 4.05. The molecule has 1 aliphatic rings. The average molecular weight is 444 g/mol. The number of pyridine rings is 1. The monoisotopic (exact) mass is 443 g/mol. The van der Waals surface area contributed by atoms with Crippen molar-refractivity contribution >= 4 is 39.6 Å². The van der Waals surface area contributed by atoms with Gasteiger partial charge in [-0.2, -0.15) is 10.2 Å². The van der Waals surface area contributed by atoms with Crippen molar-refractivity contribution in [3.8, 4) is 0 Å². The summed E-state index contributed by atoms with van der Waals surface area (Å²) in [5.74, 6) is 1.04. The fourth-order valence-electron chi connectivity index (χ4n) is 4.07. The Balaban J connectivity index is 1.33. The zero-order chi connectivity index (χ0) is 22.8. The smallest absolute Gasteiger partial charge is 0.148 e. The fraction of sp³-hybridized carbons (Fsp3) is 0.240. The predicted octanol–water partition coefficient (Wildman–Crippen LogP) is 4.71. The minimum atomic E-state index is -0.233. The third-order valence-corrected chi connectivity index (χ3v) is 5.95. The topological polar surface area (TPSA) is 69.2 Å². The fourth-order valence-corrected chi connectivity index (χ4v) is 4.07. The first-order chi connectivity index (χ1) is 16.1. The third-order valence-electron chi connectivity index (χ3n) is 5.95. The minimum Gasteiger partial charge on any atom is -0.367 e. The van der Waals surface area contributed by atoms with Crippen LogP contribution in [0.3, 0.4) is 0 Å². The average Bonchev–Trinajstić information content (AvgIpc) is 2.81. The van der Waals surface area contributed by atoms with Crippen LogP contribution in [0.2, 0.25) is 0 Å². The summed E-state index contributed by atoms with van der Waals surface area (Å²) in [7, 11) is 2.09. The molecule has 0 spiro atoms. The third kappa shape index (κ3) is 4.56. The lowest BCUT2D eigenvalue weighted by molar-refractivity contribution is 0.311. The second kappa shape index (κ2) is 8.99. The van der Waals surface area contributed by atoms with Crippen LogP contribution in [0.4, 0.5) is 33.1 Å². The molecule has 0 bridgehead atoms. The quantitative estimate of drug-likeness (QED) is 0.463. The van der Waals surface area contributed by atoms with Crippen molar-refractivity contribution in [3.05, 3.63) is 72.2 Å². The Morgan fingerprint density at radius 3 is 2.45 bits per heavy atom. The van der Waals surface area contributed by atoms with Crippen molar-refractivity contribution < 1.29 is 4.39 Å². The van der Waals surface area contributed by atoms with Gasteiger partial charge in [0.05, 0.1) is 23.1 Å². The standard InChI is InChI=1S/C25H26FN7/c1-17-5-3-6-19-21(16-27-31-25(17)19)29-24-8-4-7-23(30-24)28-18-9-10-22(20(26)15-18)33-13-11-32(2)12-14-33/h3-10,15-16H,11-14H2,1-2H3,(H2,28,29,30,31). The van der Waals surface area contributed by atoms with Crippen LogP contribution in [0.15, 0.2) is 60.8 Å². The minimum absolute atomic E-state index is 0.233. The van der Waals surface area contributed by atoms with Gasteiger partial charge in [-0.15, -0.1) is 0 Å². The maximum Gasteiger partial charge on any atom is 0.148 e. The van der Waals surface area contributed by atoms with Gasteiger partial charge in [0.25, 0.3) is 0 Å². The number of nitrogens with one attached hydrogen (secondary N) is 2. The second-order valence-corrected chi connectivity index (χ2v) is 8.34. The first-order valence-corrected chi connectivity index (χ1v) is 11.0. The van der Waals surface area contributed by atoms with E-state index in [1.807, 2.05) is 55.5 Å². The van der Waals surface area contributed by atoms with Crippen LogP contribution in [0.5, 0.6) is 0 Å². The van der Waals surface area contributed by atoms with Crippen LogP contribution < -0.4 is 15.5 Å². The van der Waals surface area contributed by atoms with E-state index in [-0.39, 0.29) is 5.82 Å². The Bertz CT molecular complexity index is 1280. The van der Waals surface area contributed by atoms with Gasteiger partial charge in [0, 0.05) is 37.3 Å². The number of rotatable bonds is 5. The first-order valence-electron chi connectivity index (χ1n) is 11.0. The van der Waals surface area contributed by atoms with E-state index in [1.54, 1.807) is 6.20 Å². The summed E-state index contributed by atoms with van der Waals surface area (Å²) in [6, 6.07) is 16.9. The summed E-state index contributed by atoms with van der Waals surface area (Å²) in [5, 5.41) is 15.9. The number of nitrogens with zero attached hydrogens (tertiary/aromatic N) is 5. The number of likely N-dealkylation sites (N-methyl/N-ethyl adjacent to an activating group) is 1. The molecule has 1 fully saturated rings. The maximum atomic E-state index is 14.8. The number of benzene rings is 2. The van der Waals surface area contributed by atoms with Gasteiger partial charge in [0.1, 0.15) is 17.5 Å². The van der Waals surface area contributed by atoms with E-state index in [2.05, 4.69) is 42.7 Å². The van der Waals surface area contributed by atoms with E-state index in [0.717, 1.165) is 48.3 Å². The zero-order valence-electron chi connectivity index (χ0n) is 18.7. The number of aryl methyl sites for hydroxylation is 1. The molecule has 33 heavy (non-hydrogen) atoms. The van der Waals surface area contributed by atoms with Gasteiger partial charge >= 0.3 is 0 Å². The lowest BCUT2D eigenvalue weighted by Crippen LogP contribution is -2.44. The molecule has 1 saturated heterocycles. The van der Waals surface area contributed by atoms with E-state index in [4.69, 9.17) is 0 Å². The maximum absolute atomic E-state index is 14.8. The summed E-state index contributed by atoms with van der Waals surface area (Å²) in [6.45, 7) is 5.54. The van der Waals surface area contributed by atoms with Crippen molar-refractivity contribution in [1.82, 2.24) is 20.1 Å². The van der Waals surface area contributed by atoms with E-state index < -0.39 is 0 Å². The van der Waals surface area contributed by atoms with Gasteiger partial charge in [0.15, 0.2) is 0 Å². The Hall–Kier alpha value is -3.78. The number of halogens is 1. The number of fused-ring (bicyclic) bond motifs is 1. The lowest BCUT2D eigenvalue weighted by Gasteiger charge is -2.34. The summed E-state index contributed by atoms with van der Waals surface area (Å²) in [4.78, 5) is 8.98. The van der Waals surface area contributed by atoms with Crippen LogP contribution >= 0.6 is 0 Å². The van der Waals surface area contributed by atoms with E-state index >= 15 is 0 Å². The highest BCUT2D eigenvalue weighted by Gasteiger charge is 2.17. The number of hydrogen-bond acceptors (Lipinski definition) is 7. The van der Waals surface area contributed by atoms with Crippen molar-refractivity contribution in [2.45, 2.75) is 6.92 Å². The number of piperazine rings is 1. The molecule has 8 heteroatoms. The van der Waals surface area contributed by atoms with E-state index in [1.165, 1.54) is 6.07 Å². The molecule has 0 amide bonds. The summed E-state index contributed by atoms with van der Waals surface area (Å²) < 4.78 is 14.8. The van der Waals surface area contributed by atoms with Gasteiger partial charge in [-0.1, -0.05) is 24.3 Å². The highest BCUT2D eigenvalue weighted by Crippen LogP contribution is 2.28. The molecular weight excluding hydrogens is 417 g/mol. The van der Waals surface area contributed by atoms with Gasteiger partial charge < -0.3 is 20.4 Å². The molecule has 168 valence electrons. The molecule has 0 radical (unpaired) electrons. The lowest BCUT2D eigenvalue weighted by atomic mass is 10.1. The Morgan fingerprint density at radius 1 is 0.909 bits per heavy atom. The van der Waals surface area contributed by atoms with Crippen molar-refractivity contribution in [2.24, 2.45) is 0 Å². The predicted molar refractivity (Wildman–Crippen MR) is 131 cm³/mol. The van der Waals surface area contributed by atoms with Crippen LogP contribution in [-0.4, -0.2) is 53.3 Å². The zero-order valence-corrected chi connectivity index (χ0v) is 18.7. The van der Waals surface area contributed by atoms with Crippen LogP contribution in [-0.2, 0) is 0 Å². The molecule has 2 aromatic heterocycles. The molecule has 0 unspecified atom stereocenters. The van der Waals surface area contributed by atoms with Crippen molar-refractivity contribution in [2.75, 3.05) is 48.8 Å². The Morgan fingerprint density at radius 2 is 1.67 bits per heavy atom. The number of anilines is 5. The summed E-state index contributed by atoms with van der Waals surface area (Å²) in [6.07, 6.45) is 1.69. The second-order valence-electron chi connectivity index (χ2n) is 8.34. The SMILES string of the molecule is Cc1cccc2c(Nc3cccc(Nc4ccc(N5CCN(C)CC5)c(F)c4)n3)cnnc12. The molecule has 0 saturated carbocycles. The summed E-state index contributed by atoms with van der Waals surface area (Å²) >= 11 is 0. The van der Waals surface area contributed by atoms with Gasteiger partial charge in [-0.25, -0.2) is 9.37 Å². The number of hydrogen-bond donors (Lipinski definition) is 2. The molecule has 2 N–H and O–H groups in total. The molecule has 7 nitrogen and oxygen atoms in total. The van der Waals surface area contributed by atoms with E-state index in [0.29, 0.717) is 23.0 Å². The molecule has 5 rings (SSSR count). The molecule has 4 aromatic rings. The molecule has 0 aliphatic carbocycles. The highest BCUT2D eigenvalue weighted by molar-refractivity contribution is 5.93. The molecule has 2 aromatic carbocycles. The molecule has 3 heterocycles. The Labute approximate surface area is 192 Å². The molecular formula is C25H26FN7. The van der Waals surface area contributed by atoms with Gasteiger partial charge in [-0.3, -0.25) is 0 Å². The van der Waals surface area contributed by atoms with Crippen LogP contribution in [0.25, 0.3) is 10.9 Å². The van der Waals surface area contributed by atoms with Crippen molar-refractivity contribution in [1.29, 1.82) is 0 Å². The Kier molecular flexibility index (Phi) is 5.75. The van der Waals surface area contributed by atoms with Crippen LogP contribution in [0, 0.1) is 12.7 Å².